The predicted molar refractivity (Wildman–Crippen MR) is 68.0 cm³/mol. The molecular weight excluding hydrogens is 214 g/mol. The maximum absolute atomic E-state index is 12.3. The normalized spacial score (nSPS) is 32.7. The topological polar surface area (TPSA) is 29.5 Å². The number of carbonyl (C=O) groups excluding carboxylic acids is 1. The summed E-state index contributed by atoms with van der Waals surface area (Å²) in [5.41, 5.74) is -0.284. The van der Waals surface area contributed by atoms with Gasteiger partial charge in [-0.05, 0) is 59.3 Å². The van der Waals surface area contributed by atoms with Crippen molar-refractivity contribution in [2.75, 3.05) is 0 Å². The Morgan fingerprint density at radius 1 is 1.35 bits per heavy atom. The highest BCUT2D eigenvalue weighted by atomic mass is 16.6. The first kappa shape index (κ1) is 12.7. The Balaban J connectivity index is 2.16. The maximum Gasteiger partial charge on any atom is 0.411 e. The number of amides is 1. The zero-order valence-electron chi connectivity index (χ0n) is 11.6. The van der Waals surface area contributed by atoms with Crippen LogP contribution in [0.5, 0.6) is 0 Å². The average Bonchev–Trinajstić information content (AvgIpc) is 2.44. The molecule has 2 rings (SSSR count). The van der Waals surface area contributed by atoms with Crippen molar-refractivity contribution in [3.63, 3.8) is 0 Å². The van der Waals surface area contributed by atoms with E-state index < -0.39 is 0 Å². The highest BCUT2D eigenvalue weighted by Gasteiger charge is 2.51. The molecule has 3 nitrogen and oxygen atoms in total. The van der Waals surface area contributed by atoms with Gasteiger partial charge in [0.1, 0.15) is 5.60 Å². The first-order chi connectivity index (χ1) is 7.88. The van der Waals surface area contributed by atoms with Crippen molar-refractivity contribution in [2.24, 2.45) is 0 Å². The molecule has 0 aliphatic carbocycles. The number of carbonyl (C=O) groups is 1. The number of nitrogens with zero attached hydrogens (tertiary/aromatic N) is 1. The fourth-order valence-corrected chi connectivity index (χ4v) is 3.44. The predicted octanol–water partition coefficient (Wildman–Crippen LogP) is 3.72. The molecule has 0 aromatic rings. The van der Waals surface area contributed by atoms with Gasteiger partial charge >= 0.3 is 6.09 Å². The Bertz CT molecular complexity index is 304. The zero-order valence-corrected chi connectivity index (χ0v) is 11.6. The van der Waals surface area contributed by atoms with E-state index in [0.29, 0.717) is 6.04 Å². The van der Waals surface area contributed by atoms with Gasteiger partial charge in [0.25, 0.3) is 0 Å². The Labute approximate surface area is 105 Å². The van der Waals surface area contributed by atoms with E-state index in [0.717, 1.165) is 32.1 Å². The molecule has 0 saturated carbocycles. The highest BCUT2D eigenvalue weighted by molar-refractivity contribution is 5.70. The van der Waals surface area contributed by atoms with Crippen molar-refractivity contribution in [1.82, 2.24) is 4.90 Å². The van der Waals surface area contributed by atoms with Gasteiger partial charge in [-0.3, -0.25) is 4.90 Å². The van der Waals surface area contributed by atoms with E-state index in [1.54, 1.807) is 0 Å². The third-order valence-corrected chi connectivity index (χ3v) is 4.25. The molecule has 0 radical (unpaired) electrons. The molecule has 98 valence electrons. The van der Waals surface area contributed by atoms with Crippen LogP contribution in [-0.2, 0) is 4.74 Å². The fraction of sp³-hybridized carbons (Fsp3) is 0.929. The Morgan fingerprint density at radius 2 is 2.06 bits per heavy atom. The van der Waals surface area contributed by atoms with Crippen LogP contribution in [0.1, 0.15) is 66.2 Å². The van der Waals surface area contributed by atoms with Crippen LogP contribution >= 0.6 is 0 Å². The average molecular weight is 239 g/mol. The summed E-state index contributed by atoms with van der Waals surface area (Å²) in [6.07, 6.45) is 6.85. The lowest BCUT2D eigenvalue weighted by molar-refractivity contribution is -0.0155. The second-order valence-electron chi connectivity index (χ2n) is 6.51. The van der Waals surface area contributed by atoms with Gasteiger partial charge in [-0.2, -0.15) is 0 Å². The number of piperidine rings is 1. The van der Waals surface area contributed by atoms with Crippen LogP contribution in [-0.4, -0.2) is 28.2 Å². The summed E-state index contributed by atoms with van der Waals surface area (Å²) in [5.74, 6) is 0. The van der Waals surface area contributed by atoms with Crippen molar-refractivity contribution >= 4 is 6.09 Å². The summed E-state index contributed by atoms with van der Waals surface area (Å²) in [4.78, 5) is 14.4. The van der Waals surface area contributed by atoms with Gasteiger partial charge in [-0.1, -0.05) is 6.92 Å². The Morgan fingerprint density at radius 3 is 2.65 bits per heavy atom. The second-order valence-corrected chi connectivity index (χ2v) is 6.51. The van der Waals surface area contributed by atoms with Crippen LogP contribution in [0, 0.1) is 0 Å². The molecule has 2 bridgehead atoms. The molecule has 17 heavy (non-hydrogen) atoms. The van der Waals surface area contributed by atoms with E-state index in [4.69, 9.17) is 4.74 Å². The van der Waals surface area contributed by atoms with Gasteiger partial charge in [0.05, 0.1) is 0 Å². The number of rotatable bonds is 1. The Hall–Kier alpha value is -0.730. The lowest BCUT2D eigenvalue weighted by atomic mass is 9.86. The first-order valence-corrected chi connectivity index (χ1v) is 6.90. The second kappa shape index (κ2) is 4.18. The standard InChI is InChI=1S/C14H25NO2/c1-5-14-9-6-7-11(8-10-14)15(14)12(16)17-13(2,3)4/h11H,5-10H2,1-4H3. The summed E-state index contributed by atoms with van der Waals surface area (Å²) < 4.78 is 5.57. The van der Waals surface area contributed by atoms with Crippen molar-refractivity contribution in [3.05, 3.63) is 0 Å². The molecular formula is C14H25NO2. The zero-order chi connectivity index (χ0) is 12.7. The number of ether oxygens (including phenoxy) is 1. The Kier molecular flexibility index (Phi) is 3.13. The quantitative estimate of drug-likeness (QED) is 0.698. The molecule has 2 aliphatic rings. The van der Waals surface area contributed by atoms with Gasteiger partial charge in [0.15, 0.2) is 0 Å². The van der Waals surface area contributed by atoms with E-state index in [1.165, 1.54) is 6.42 Å². The lowest BCUT2D eigenvalue weighted by Crippen LogP contribution is -2.54. The number of hydrogen-bond donors (Lipinski definition) is 0. The van der Waals surface area contributed by atoms with Crippen LogP contribution in [0.4, 0.5) is 4.79 Å². The fourth-order valence-electron chi connectivity index (χ4n) is 3.44. The van der Waals surface area contributed by atoms with Crippen LogP contribution < -0.4 is 0 Å². The summed E-state index contributed by atoms with van der Waals surface area (Å²) in [5, 5.41) is 0. The van der Waals surface area contributed by atoms with Gasteiger partial charge < -0.3 is 4.74 Å². The molecule has 2 aliphatic heterocycles. The van der Waals surface area contributed by atoms with E-state index in [2.05, 4.69) is 11.8 Å². The lowest BCUT2D eigenvalue weighted by Gasteiger charge is -2.44. The molecule has 2 fully saturated rings. The van der Waals surface area contributed by atoms with E-state index >= 15 is 0 Å². The number of fused-ring (bicyclic) bond motifs is 2. The highest BCUT2D eigenvalue weighted by Crippen LogP contribution is 2.46. The van der Waals surface area contributed by atoms with Gasteiger partial charge in [0.2, 0.25) is 0 Å². The van der Waals surface area contributed by atoms with Gasteiger partial charge in [-0.25, -0.2) is 4.79 Å². The summed E-state index contributed by atoms with van der Waals surface area (Å²) in [7, 11) is 0. The minimum Gasteiger partial charge on any atom is -0.444 e. The van der Waals surface area contributed by atoms with Crippen LogP contribution in [0.2, 0.25) is 0 Å². The molecule has 3 heteroatoms. The van der Waals surface area contributed by atoms with Crippen molar-refractivity contribution in [2.45, 2.75) is 83.4 Å². The van der Waals surface area contributed by atoms with Gasteiger partial charge in [-0.15, -0.1) is 0 Å². The van der Waals surface area contributed by atoms with Crippen molar-refractivity contribution in [1.29, 1.82) is 0 Å². The molecule has 1 amide bonds. The molecule has 0 N–H and O–H groups in total. The third-order valence-electron chi connectivity index (χ3n) is 4.25. The minimum atomic E-state index is -0.386. The molecule has 2 saturated heterocycles. The minimum absolute atomic E-state index is 0.0958. The maximum atomic E-state index is 12.3. The largest absolute Gasteiger partial charge is 0.444 e. The molecule has 0 spiro atoms. The monoisotopic (exact) mass is 239 g/mol. The number of hydrogen-bond acceptors (Lipinski definition) is 2. The third kappa shape index (κ3) is 2.29. The summed E-state index contributed by atoms with van der Waals surface area (Å²) in [6.45, 7) is 8.02. The first-order valence-electron chi connectivity index (χ1n) is 6.90. The van der Waals surface area contributed by atoms with Crippen LogP contribution in [0.3, 0.4) is 0 Å². The smallest absolute Gasteiger partial charge is 0.411 e. The van der Waals surface area contributed by atoms with E-state index in [-0.39, 0.29) is 17.2 Å². The van der Waals surface area contributed by atoms with E-state index in [9.17, 15) is 4.79 Å². The molecule has 0 aromatic carbocycles. The summed E-state index contributed by atoms with van der Waals surface area (Å²) >= 11 is 0. The van der Waals surface area contributed by atoms with E-state index in [1.807, 2.05) is 20.8 Å². The van der Waals surface area contributed by atoms with Crippen LogP contribution in [0.15, 0.2) is 0 Å². The molecule has 2 heterocycles. The molecule has 0 aromatic heterocycles. The van der Waals surface area contributed by atoms with Crippen LogP contribution in [0.25, 0.3) is 0 Å². The summed E-state index contributed by atoms with van der Waals surface area (Å²) in [6, 6.07) is 0.429. The van der Waals surface area contributed by atoms with Crippen molar-refractivity contribution in [3.8, 4) is 0 Å². The van der Waals surface area contributed by atoms with Gasteiger partial charge in [0, 0.05) is 11.6 Å². The SMILES string of the molecule is CCC12CCCC(CC1)N2C(=O)OC(C)(C)C. The van der Waals surface area contributed by atoms with Crippen molar-refractivity contribution < 1.29 is 9.53 Å². The molecule has 2 unspecified atom stereocenters. The molecule has 2 atom stereocenters.